The highest BCUT2D eigenvalue weighted by molar-refractivity contribution is 7.80. The van der Waals surface area contributed by atoms with Crippen molar-refractivity contribution in [3.63, 3.8) is 0 Å². The maximum absolute atomic E-state index is 5.35. The van der Waals surface area contributed by atoms with Crippen molar-refractivity contribution in [2.75, 3.05) is 5.32 Å². The minimum absolute atomic E-state index is 0.411. The molecule has 0 heterocycles. The number of rotatable bonds is 5. The molecule has 0 radical (unpaired) electrons. The Balaban J connectivity index is 2.44. The molecule has 0 aliphatic rings. The fourth-order valence-electron chi connectivity index (χ4n) is 1.87. The zero-order valence-electron chi connectivity index (χ0n) is 12.7. The fraction of sp³-hybridized carbons (Fsp3) is 0.562. The van der Waals surface area contributed by atoms with Gasteiger partial charge in [0.15, 0.2) is 5.11 Å². The number of thiocarbonyl (C=S) groups is 1. The van der Waals surface area contributed by atoms with E-state index in [2.05, 4.69) is 63.5 Å². The van der Waals surface area contributed by atoms with Crippen LogP contribution in [0.5, 0.6) is 0 Å². The lowest BCUT2D eigenvalue weighted by Crippen LogP contribution is -2.36. The molecule has 0 bridgehead atoms. The van der Waals surface area contributed by atoms with Crippen LogP contribution in [0.2, 0.25) is 0 Å². The van der Waals surface area contributed by atoms with Gasteiger partial charge < -0.3 is 10.6 Å². The number of nitrogens with one attached hydrogen (secondary N) is 2. The molecule has 0 fully saturated rings. The number of benzene rings is 1. The number of anilines is 1. The first-order chi connectivity index (χ1) is 8.88. The Labute approximate surface area is 123 Å². The van der Waals surface area contributed by atoms with E-state index in [1.165, 1.54) is 17.5 Å². The Hall–Kier alpha value is -1.09. The molecule has 0 saturated heterocycles. The van der Waals surface area contributed by atoms with Crippen molar-refractivity contribution in [3.8, 4) is 0 Å². The topological polar surface area (TPSA) is 24.1 Å². The Bertz CT molecular complexity index is 427. The third-order valence-electron chi connectivity index (χ3n) is 3.32. The molecular formula is C16H26N2S. The molecule has 0 aromatic heterocycles. The summed E-state index contributed by atoms with van der Waals surface area (Å²) >= 11 is 5.35. The lowest BCUT2D eigenvalue weighted by molar-refractivity contribution is 0.494. The molecule has 1 rings (SSSR count). The maximum atomic E-state index is 5.35. The lowest BCUT2D eigenvalue weighted by Gasteiger charge is -2.18. The highest BCUT2D eigenvalue weighted by Gasteiger charge is 2.06. The summed E-state index contributed by atoms with van der Waals surface area (Å²) in [4.78, 5) is 0. The summed E-state index contributed by atoms with van der Waals surface area (Å²) in [7, 11) is 0. The minimum Gasteiger partial charge on any atom is -0.360 e. The van der Waals surface area contributed by atoms with Gasteiger partial charge in [-0.05, 0) is 75.0 Å². The van der Waals surface area contributed by atoms with Crippen LogP contribution in [-0.4, -0.2) is 11.2 Å². The van der Waals surface area contributed by atoms with Crippen LogP contribution >= 0.6 is 12.2 Å². The van der Waals surface area contributed by atoms with E-state index in [-0.39, 0.29) is 0 Å². The average Bonchev–Trinajstić information content (AvgIpc) is 2.31. The first kappa shape index (κ1) is 16.0. The van der Waals surface area contributed by atoms with Crippen molar-refractivity contribution in [3.05, 3.63) is 29.3 Å². The second-order valence-electron chi connectivity index (χ2n) is 5.77. The molecule has 0 aliphatic heterocycles. The van der Waals surface area contributed by atoms with Gasteiger partial charge in [0.1, 0.15) is 0 Å². The number of hydrogen-bond acceptors (Lipinski definition) is 1. The third kappa shape index (κ3) is 6.06. The van der Waals surface area contributed by atoms with E-state index in [4.69, 9.17) is 12.2 Å². The quantitative estimate of drug-likeness (QED) is 0.780. The van der Waals surface area contributed by atoms with Crippen molar-refractivity contribution in [2.24, 2.45) is 5.92 Å². The molecule has 2 nitrogen and oxygen atoms in total. The van der Waals surface area contributed by atoms with Gasteiger partial charge in [-0.15, -0.1) is 0 Å². The van der Waals surface area contributed by atoms with E-state index in [9.17, 15) is 0 Å². The van der Waals surface area contributed by atoms with Crippen LogP contribution in [0.4, 0.5) is 5.69 Å². The van der Waals surface area contributed by atoms with Crippen LogP contribution in [0, 0.1) is 19.8 Å². The Morgan fingerprint density at radius 2 is 1.79 bits per heavy atom. The summed E-state index contributed by atoms with van der Waals surface area (Å²) in [5.41, 5.74) is 3.63. The molecule has 1 aromatic carbocycles. The van der Waals surface area contributed by atoms with Crippen molar-refractivity contribution < 1.29 is 0 Å². The molecular weight excluding hydrogens is 252 g/mol. The molecule has 1 atom stereocenters. The summed E-state index contributed by atoms with van der Waals surface area (Å²) in [6.45, 7) is 10.9. The van der Waals surface area contributed by atoms with Gasteiger partial charge in [0.2, 0.25) is 0 Å². The van der Waals surface area contributed by atoms with E-state index < -0.39 is 0 Å². The van der Waals surface area contributed by atoms with Gasteiger partial charge in [0.25, 0.3) is 0 Å². The van der Waals surface area contributed by atoms with E-state index in [1.54, 1.807) is 0 Å². The first-order valence-corrected chi connectivity index (χ1v) is 7.44. The van der Waals surface area contributed by atoms with E-state index in [1.807, 2.05) is 0 Å². The monoisotopic (exact) mass is 278 g/mol. The van der Waals surface area contributed by atoms with E-state index in [0.717, 1.165) is 18.0 Å². The molecule has 19 heavy (non-hydrogen) atoms. The molecule has 1 aromatic rings. The zero-order chi connectivity index (χ0) is 14.4. The molecule has 0 aliphatic carbocycles. The Morgan fingerprint density at radius 3 is 2.37 bits per heavy atom. The largest absolute Gasteiger partial charge is 0.360 e. The third-order valence-corrected chi connectivity index (χ3v) is 3.54. The van der Waals surface area contributed by atoms with Crippen molar-refractivity contribution in [2.45, 2.75) is 53.5 Å². The highest BCUT2D eigenvalue weighted by Crippen LogP contribution is 2.14. The number of aryl methyl sites for hydroxylation is 2. The molecule has 0 unspecified atom stereocenters. The lowest BCUT2D eigenvalue weighted by atomic mass is 10.0. The Kier molecular flexibility index (Phi) is 6.29. The zero-order valence-corrected chi connectivity index (χ0v) is 13.5. The van der Waals surface area contributed by atoms with Gasteiger partial charge in [-0.1, -0.05) is 19.9 Å². The predicted molar refractivity (Wildman–Crippen MR) is 88.8 cm³/mol. The van der Waals surface area contributed by atoms with Crippen molar-refractivity contribution >= 4 is 23.0 Å². The summed E-state index contributed by atoms with van der Waals surface area (Å²) in [5.74, 6) is 0.741. The molecule has 0 spiro atoms. The normalized spacial score (nSPS) is 12.3. The summed E-state index contributed by atoms with van der Waals surface area (Å²) in [5, 5.41) is 7.29. The second-order valence-corrected chi connectivity index (χ2v) is 6.18. The maximum Gasteiger partial charge on any atom is 0.170 e. The van der Waals surface area contributed by atoms with Gasteiger partial charge >= 0.3 is 0 Å². The summed E-state index contributed by atoms with van der Waals surface area (Å²) in [6.07, 6.45) is 2.37. The van der Waals surface area contributed by atoms with Crippen LogP contribution in [0.25, 0.3) is 0 Å². The van der Waals surface area contributed by atoms with Crippen LogP contribution in [0.1, 0.15) is 44.7 Å². The first-order valence-electron chi connectivity index (χ1n) is 7.03. The van der Waals surface area contributed by atoms with E-state index >= 15 is 0 Å². The smallest absolute Gasteiger partial charge is 0.170 e. The summed E-state index contributed by atoms with van der Waals surface area (Å²) < 4.78 is 0. The minimum atomic E-state index is 0.411. The van der Waals surface area contributed by atoms with Crippen molar-refractivity contribution in [1.29, 1.82) is 0 Å². The molecule has 0 amide bonds. The van der Waals surface area contributed by atoms with Crippen LogP contribution < -0.4 is 10.6 Å². The van der Waals surface area contributed by atoms with Gasteiger partial charge in [0.05, 0.1) is 0 Å². The van der Waals surface area contributed by atoms with Crippen LogP contribution in [0.15, 0.2) is 18.2 Å². The Morgan fingerprint density at radius 1 is 1.11 bits per heavy atom. The van der Waals surface area contributed by atoms with Gasteiger partial charge in [-0.2, -0.15) is 0 Å². The molecule has 106 valence electrons. The number of hydrogen-bond donors (Lipinski definition) is 2. The van der Waals surface area contributed by atoms with Gasteiger partial charge in [-0.25, -0.2) is 0 Å². The molecule has 2 N–H and O–H groups in total. The van der Waals surface area contributed by atoms with Crippen molar-refractivity contribution in [1.82, 2.24) is 5.32 Å². The SMILES string of the molecule is Cc1ccc(NC(=S)N[C@H](C)CCC(C)C)cc1C. The second kappa shape index (κ2) is 7.49. The highest BCUT2D eigenvalue weighted by atomic mass is 32.1. The standard InChI is InChI=1S/C16H26N2S/c1-11(2)6-8-14(5)17-16(19)18-15-9-7-12(3)13(4)10-15/h7,9-11,14H,6,8H2,1-5H3,(H2,17,18,19)/t14-/m1/s1. The molecule has 3 heteroatoms. The summed E-state index contributed by atoms with van der Waals surface area (Å²) in [6, 6.07) is 6.72. The fourth-order valence-corrected chi connectivity index (χ4v) is 2.18. The molecule has 0 saturated carbocycles. The van der Waals surface area contributed by atoms with Gasteiger partial charge in [0, 0.05) is 11.7 Å². The van der Waals surface area contributed by atoms with E-state index in [0.29, 0.717) is 11.2 Å². The predicted octanol–water partition coefficient (Wildman–Crippen LogP) is 4.41. The van der Waals surface area contributed by atoms with Crippen LogP contribution in [-0.2, 0) is 0 Å². The van der Waals surface area contributed by atoms with Crippen LogP contribution in [0.3, 0.4) is 0 Å². The average molecular weight is 278 g/mol. The van der Waals surface area contributed by atoms with Gasteiger partial charge in [-0.3, -0.25) is 0 Å².